The van der Waals surface area contributed by atoms with E-state index in [2.05, 4.69) is 15.3 Å². The number of anilines is 1. The van der Waals surface area contributed by atoms with E-state index in [1.165, 1.54) is 0 Å². The van der Waals surface area contributed by atoms with Gasteiger partial charge in [-0.25, -0.2) is 4.98 Å². The van der Waals surface area contributed by atoms with E-state index in [-0.39, 0.29) is 36.2 Å². The lowest BCUT2D eigenvalue weighted by Crippen LogP contribution is -2.39. The molecular weight excluding hydrogens is 494 g/mol. The van der Waals surface area contributed by atoms with Gasteiger partial charge in [0.15, 0.2) is 11.2 Å². The highest BCUT2D eigenvalue weighted by Gasteiger charge is 2.37. The fourth-order valence-corrected chi connectivity index (χ4v) is 4.85. The first-order chi connectivity index (χ1) is 19.1. The second kappa shape index (κ2) is 11.5. The predicted molar refractivity (Wildman–Crippen MR) is 150 cm³/mol. The number of fused-ring (bicyclic) bond motifs is 1. The number of aryl methyl sites for hydroxylation is 1. The van der Waals surface area contributed by atoms with Crippen molar-refractivity contribution in [2.75, 3.05) is 25.6 Å². The lowest BCUT2D eigenvalue weighted by atomic mass is 9.77. The zero-order valence-electron chi connectivity index (χ0n) is 21.6. The number of benzene rings is 3. The molecule has 0 saturated carbocycles. The lowest BCUT2D eigenvalue weighted by Gasteiger charge is -2.37. The maximum atomic E-state index is 13.1. The van der Waals surface area contributed by atoms with Crippen LogP contribution in [0.5, 0.6) is 5.75 Å². The number of nitrogens with one attached hydrogen (secondary N) is 2. The van der Waals surface area contributed by atoms with E-state index < -0.39 is 5.54 Å². The zero-order chi connectivity index (χ0) is 27.2. The number of aromatic nitrogens is 4. The van der Waals surface area contributed by atoms with Gasteiger partial charge in [0, 0.05) is 25.7 Å². The molecule has 5 aromatic rings. The molecule has 2 aromatic heterocycles. The van der Waals surface area contributed by atoms with Crippen molar-refractivity contribution >= 4 is 17.1 Å². The Hall–Kier alpha value is -4.47. The summed E-state index contributed by atoms with van der Waals surface area (Å²) in [5.74, 6) is 0.745. The lowest BCUT2D eigenvalue weighted by molar-refractivity contribution is 0.140. The highest BCUT2D eigenvalue weighted by molar-refractivity contribution is 5.71. The molecule has 0 aliphatic rings. The van der Waals surface area contributed by atoms with Gasteiger partial charge in [0.25, 0.3) is 5.56 Å². The van der Waals surface area contributed by atoms with Crippen LogP contribution >= 0.6 is 0 Å². The Kier molecular flexibility index (Phi) is 7.72. The Morgan fingerprint density at radius 3 is 2.08 bits per heavy atom. The SMILES string of the molecule is COc1ccc(C(Nc2nc3c(ncn3CCC(CO)CO)c(=O)[nH]2)(c2ccccc2)c2ccccc2)cc1. The van der Waals surface area contributed by atoms with Crippen LogP contribution in [0.4, 0.5) is 5.95 Å². The van der Waals surface area contributed by atoms with Gasteiger partial charge in [0.05, 0.1) is 13.4 Å². The third-order valence-electron chi connectivity index (χ3n) is 7.01. The van der Waals surface area contributed by atoms with Gasteiger partial charge in [-0.15, -0.1) is 0 Å². The first-order valence-electron chi connectivity index (χ1n) is 12.8. The Balaban J connectivity index is 1.67. The minimum absolute atomic E-state index is 0.123. The van der Waals surface area contributed by atoms with Crippen LogP contribution in [0, 0.1) is 5.92 Å². The molecule has 9 heteroatoms. The molecule has 0 saturated heterocycles. The van der Waals surface area contributed by atoms with E-state index in [9.17, 15) is 15.0 Å². The number of rotatable bonds is 11. The standard InChI is InChI=1S/C30H31N5O4/c1-39-25-14-12-24(13-15-25)30(22-8-4-2-5-9-22,23-10-6-3-7-11-23)34-29-32-27-26(28(38)33-29)31-20-35(27)17-16-21(18-36)19-37/h2-15,20-21,36-37H,16-19H2,1H3,(H2,32,33,34,38). The number of aromatic amines is 1. The molecule has 0 atom stereocenters. The molecule has 0 aliphatic heterocycles. The van der Waals surface area contributed by atoms with E-state index in [0.29, 0.717) is 18.6 Å². The van der Waals surface area contributed by atoms with Gasteiger partial charge in [0.1, 0.15) is 11.3 Å². The number of hydrogen-bond donors (Lipinski definition) is 4. The summed E-state index contributed by atoms with van der Waals surface area (Å²) < 4.78 is 7.19. The molecule has 5 rings (SSSR count). The van der Waals surface area contributed by atoms with Crippen molar-refractivity contribution in [1.82, 2.24) is 19.5 Å². The van der Waals surface area contributed by atoms with Crippen molar-refractivity contribution in [2.24, 2.45) is 5.92 Å². The van der Waals surface area contributed by atoms with Crippen molar-refractivity contribution in [1.29, 1.82) is 0 Å². The molecule has 0 unspecified atom stereocenters. The number of H-pyrrole nitrogens is 1. The average molecular weight is 526 g/mol. The number of methoxy groups -OCH3 is 1. The molecule has 0 spiro atoms. The highest BCUT2D eigenvalue weighted by atomic mass is 16.5. The molecule has 0 radical (unpaired) electrons. The van der Waals surface area contributed by atoms with Gasteiger partial charge in [-0.05, 0) is 35.2 Å². The van der Waals surface area contributed by atoms with E-state index in [4.69, 9.17) is 9.72 Å². The zero-order valence-corrected chi connectivity index (χ0v) is 21.6. The van der Waals surface area contributed by atoms with Gasteiger partial charge < -0.3 is 24.8 Å². The largest absolute Gasteiger partial charge is 0.497 e. The molecule has 4 N–H and O–H groups in total. The molecule has 0 fully saturated rings. The third-order valence-corrected chi connectivity index (χ3v) is 7.01. The normalized spacial score (nSPS) is 11.7. The Labute approximate surface area is 225 Å². The van der Waals surface area contributed by atoms with E-state index in [0.717, 1.165) is 22.4 Å². The second-order valence-electron chi connectivity index (χ2n) is 9.38. The third kappa shape index (κ3) is 5.14. The van der Waals surface area contributed by atoms with Crippen LogP contribution < -0.4 is 15.6 Å². The smallest absolute Gasteiger partial charge is 0.280 e. The number of hydrogen-bond acceptors (Lipinski definition) is 7. The van der Waals surface area contributed by atoms with Crippen LogP contribution in [0.3, 0.4) is 0 Å². The topological polar surface area (TPSA) is 125 Å². The number of nitrogens with zero attached hydrogens (tertiary/aromatic N) is 3. The van der Waals surface area contributed by atoms with Gasteiger partial charge in [-0.1, -0.05) is 72.8 Å². The Morgan fingerprint density at radius 1 is 0.923 bits per heavy atom. The highest BCUT2D eigenvalue weighted by Crippen LogP contribution is 2.40. The van der Waals surface area contributed by atoms with Crippen LogP contribution in [0.1, 0.15) is 23.1 Å². The summed E-state index contributed by atoms with van der Waals surface area (Å²) in [5, 5.41) is 22.5. The minimum atomic E-state index is -0.915. The quantitative estimate of drug-likeness (QED) is 0.195. The summed E-state index contributed by atoms with van der Waals surface area (Å²) >= 11 is 0. The summed E-state index contributed by atoms with van der Waals surface area (Å²) in [6.45, 7) is 0.199. The second-order valence-corrected chi connectivity index (χ2v) is 9.38. The maximum Gasteiger partial charge on any atom is 0.280 e. The molecule has 0 aliphatic carbocycles. The number of imidazole rings is 1. The van der Waals surface area contributed by atoms with Crippen LogP contribution in [-0.2, 0) is 12.1 Å². The predicted octanol–water partition coefficient (Wildman–Crippen LogP) is 3.52. The van der Waals surface area contributed by atoms with Crippen LogP contribution in [0.2, 0.25) is 0 Å². The monoisotopic (exact) mass is 525 g/mol. The van der Waals surface area contributed by atoms with Crippen molar-refractivity contribution in [3.05, 3.63) is 118 Å². The fraction of sp³-hybridized carbons (Fsp3) is 0.233. The fourth-order valence-electron chi connectivity index (χ4n) is 4.85. The molecule has 200 valence electrons. The summed E-state index contributed by atoms with van der Waals surface area (Å²) in [4.78, 5) is 25.1. The van der Waals surface area contributed by atoms with Crippen molar-refractivity contribution in [3.63, 3.8) is 0 Å². The number of aliphatic hydroxyl groups excluding tert-OH is 2. The molecular formula is C30H31N5O4. The summed E-state index contributed by atoms with van der Waals surface area (Å²) in [5.41, 5.74) is 2.18. The summed E-state index contributed by atoms with van der Waals surface area (Å²) in [6.07, 6.45) is 2.08. The van der Waals surface area contributed by atoms with E-state index >= 15 is 0 Å². The van der Waals surface area contributed by atoms with Crippen molar-refractivity contribution < 1.29 is 14.9 Å². The number of ether oxygens (including phenoxy) is 1. The molecule has 9 nitrogen and oxygen atoms in total. The molecule has 3 aromatic carbocycles. The van der Waals surface area contributed by atoms with E-state index in [1.807, 2.05) is 84.9 Å². The van der Waals surface area contributed by atoms with Crippen molar-refractivity contribution in [2.45, 2.75) is 18.5 Å². The minimum Gasteiger partial charge on any atom is -0.497 e. The average Bonchev–Trinajstić information content (AvgIpc) is 3.41. The summed E-state index contributed by atoms with van der Waals surface area (Å²) in [7, 11) is 1.63. The summed E-state index contributed by atoms with van der Waals surface area (Å²) in [6, 6.07) is 27.8. The van der Waals surface area contributed by atoms with Gasteiger partial charge in [-0.2, -0.15) is 4.98 Å². The van der Waals surface area contributed by atoms with Crippen LogP contribution in [0.25, 0.3) is 11.2 Å². The van der Waals surface area contributed by atoms with E-state index in [1.54, 1.807) is 18.0 Å². The Bertz CT molecular complexity index is 1520. The van der Waals surface area contributed by atoms with Gasteiger partial charge >= 0.3 is 0 Å². The first kappa shape index (κ1) is 26.1. The molecule has 0 bridgehead atoms. The van der Waals surface area contributed by atoms with Gasteiger partial charge in [-0.3, -0.25) is 9.78 Å². The molecule has 0 amide bonds. The Morgan fingerprint density at radius 2 is 1.51 bits per heavy atom. The molecule has 39 heavy (non-hydrogen) atoms. The molecule has 2 heterocycles. The van der Waals surface area contributed by atoms with Gasteiger partial charge in [0.2, 0.25) is 5.95 Å². The maximum absolute atomic E-state index is 13.1. The van der Waals surface area contributed by atoms with Crippen LogP contribution in [-0.4, -0.2) is 50.1 Å². The van der Waals surface area contributed by atoms with Crippen LogP contribution in [0.15, 0.2) is 96.1 Å². The first-order valence-corrected chi connectivity index (χ1v) is 12.8. The van der Waals surface area contributed by atoms with Crippen molar-refractivity contribution in [3.8, 4) is 5.75 Å². The number of aliphatic hydroxyl groups is 2.